The van der Waals surface area contributed by atoms with Crippen LogP contribution in [0.5, 0.6) is 0 Å². The summed E-state index contributed by atoms with van der Waals surface area (Å²) >= 11 is 0. The molecule has 0 spiro atoms. The summed E-state index contributed by atoms with van der Waals surface area (Å²) in [5, 5.41) is 21.1. The van der Waals surface area contributed by atoms with Gasteiger partial charge in [0.15, 0.2) is 0 Å². The lowest BCUT2D eigenvalue weighted by molar-refractivity contribution is 0.0820. The van der Waals surface area contributed by atoms with E-state index in [1.165, 1.54) is 0 Å². The number of likely N-dealkylation sites (tertiary alicyclic amines) is 1. The number of piperidine rings is 1. The Bertz CT molecular complexity index is 511. The third kappa shape index (κ3) is 4.20. The summed E-state index contributed by atoms with van der Waals surface area (Å²) in [6.07, 6.45) is 1.75. The van der Waals surface area contributed by atoms with Gasteiger partial charge in [0.1, 0.15) is 0 Å². The van der Waals surface area contributed by atoms with Crippen molar-refractivity contribution in [2.75, 3.05) is 18.4 Å². The summed E-state index contributed by atoms with van der Waals surface area (Å²) in [5.74, 6) is 0.291. The van der Waals surface area contributed by atoms with Gasteiger partial charge in [0.25, 0.3) is 0 Å². The van der Waals surface area contributed by atoms with E-state index in [2.05, 4.69) is 11.4 Å². The Labute approximate surface area is 125 Å². The predicted octanol–water partition coefficient (Wildman–Crippen LogP) is 2.38. The van der Waals surface area contributed by atoms with Crippen molar-refractivity contribution >= 4 is 11.7 Å². The number of aliphatic hydroxyl groups excluding tert-OH is 1. The molecule has 1 aromatic carbocycles. The molecule has 21 heavy (non-hydrogen) atoms. The topological polar surface area (TPSA) is 76.4 Å². The van der Waals surface area contributed by atoms with Crippen LogP contribution in [0.2, 0.25) is 0 Å². The van der Waals surface area contributed by atoms with Crippen LogP contribution in [0.4, 0.5) is 10.5 Å². The highest BCUT2D eigenvalue weighted by Crippen LogP contribution is 2.21. The molecule has 2 N–H and O–H groups in total. The highest BCUT2D eigenvalue weighted by molar-refractivity contribution is 5.89. The number of nitrogens with one attached hydrogen (secondary N) is 1. The number of amides is 2. The van der Waals surface area contributed by atoms with Gasteiger partial charge in [-0.05, 0) is 43.4 Å². The fourth-order valence-electron chi connectivity index (χ4n) is 2.58. The van der Waals surface area contributed by atoms with Crippen LogP contribution in [-0.4, -0.2) is 35.2 Å². The summed E-state index contributed by atoms with van der Waals surface area (Å²) < 4.78 is 0. The lowest BCUT2D eigenvalue weighted by Crippen LogP contribution is -2.42. The van der Waals surface area contributed by atoms with E-state index >= 15 is 0 Å². The van der Waals surface area contributed by atoms with Crippen molar-refractivity contribution in [1.82, 2.24) is 4.90 Å². The van der Waals surface area contributed by atoms with Gasteiger partial charge < -0.3 is 15.3 Å². The van der Waals surface area contributed by atoms with E-state index in [1.54, 1.807) is 4.90 Å². The lowest BCUT2D eigenvalue weighted by Gasteiger charge is -2.33. The van der Waals surface area contributed by atoms with Crippen molar-refractivity contribution in [3.8, 4) is 6.07 Å². The molecule has 1 saturated heterocycles. The Balaban J connectivity index is 1.86. The number of benzene rings is 1. The third-order valence-corrected chi connectivity index (χ3v) is 4.00. The molecule has 2 rings (SSSR count). The Morgan fingerprint density at radius 3 is 2.57 bits per heavy atom. The second kappa shape index (κ2) is 7.09. The summed E-state index contributed by atoms with van der Waals surface area (Å²) in [7, 11) is 0. The number of aliphatic hydroxyl groups is 1. The van der Waals surface area contributed by atoms with E-state index in [9.17, 15) is 9.90 Å². The number of nitriles is 1. The zero-order valence-electron chi connectivity index (χ0n) is 12.2. The molecule has 1 unspecified atom stereocenters. The van der Waals surface area contributed by atoms with E-state index in [1.807, 2.05) is 31.2 Å². The minimum atomic E-state index is -0.303. The Kier molecular flexibility index (Phi) is 5.18. The van der Waals surface area contributed by atoms with Crippen molar-refractivity contribution in [2.24, 2.45) is 5.92 Å². The molecule has 5 nitrogen and oxygen atoms in total. The van der Waals surface area contributed by atoms with Gasteiger partial charge in [-0.3, -0.25) is 0 Å². The number of carbonyl (C=O) groups excluding carboxylic acids is 1. The molecule has 1 heterocycles. The summed E-state index contributed by atoms with van der Waals surface area (Å²) in [5.41, 5.74) is 1.67. The molecule has 0 aromatic heterocycles. The van der Waals surface area contributed by atoms with E-state index < -0.39 is 0 Å². The second-order valence-electron chi connectivity index (χ2n) is 5.53. The highest BCUT2D eigenvalue weighted by Gasteiger charge is 2.25. The van der Waals surface area contributed by atoms with Crippen molar-refractivity contribution in [2.45, 2.75) is 32.3 Å². The van der Waals surface area contributed by atoms with E-state index in [0.29, 0.717) is 25.4 Å². The van der Waals surface area contributed by atoms with Crippen LogP contribution in [0, 0.1) is 17.2 Å². The van der Waals surface area contributed by atoms with Gasteiger partial charge in [-0.1, -0.05) is 12.1 Å². The minimum Gasteiger partial charge on any atom is -0.393 e. The number of nitrogens with zero attached hydrogens (tertiary/aromatic N) is 2. The molecule has 1 aromatic rings. The fourth-order valence-corrected chi connectivity index (χ4v) is 2.58. The number of hydrogen-bond donors (Lipinski definition) is 2. The maximum absolute atomic E-state index is 12.2. The molecule has 2 amide bonds. The van der Waals surface area contributed by atoms with Crippen LogP contribution >= 0.6 is 0 Å². The number of carbonyl (C=O) groups is 1. The van der Waals surface area contributed by atoms with Crippen LogP contribution < -0.4 is 5.32 Å². The third-order valence-electron chi connectivity index (χ3n) is 4.00. The maximum Gasteiger partial charge on any atom is 0.321 e. The van der Waals surface area contributed by atoms with Crippen molar-refractivity contribution in [3.63, 3.8) is 0 Å². The lowest BCUT2D eigenvalue weighted by atomic mass is 9.92. The van der Waals surface area contributed by atoms with Crippen LogP contribution in [0.25, 0.3) is 0 Å². The molecule has 0 aliphatic carbocycles. The molecule has 1 aliphatic rings. The Hall–Kier alpha value is -2.06. The van der Waals surface area contributed by atoms with Gasteiger partial charge in [0.05, 0.1) is 18.6 Å². The van der Waals surface area contributed by atoms with Gasteiger partial charge in [-0.2, -0.15) is 5.26 Å². The zero-order valence-corrected chi connectivity index (χ0v) is 12.2. The van der Waals surface area contributed by atoms with Crippen molar-refractivity contribution in [1.29, 1.82) is 5.26 Å². The molecular weight excluding hydrogens is 266 g/mol. The molecule has 1 atom stereocenters. The minimum absolute atomic E-state index is 0.105. The number of rotatable bonds is 3. The van der Waals surface area contributed by atoms with Gasteiger partial charge in [-0.25, -0.2) is 4.79 Å². The molecule has 0 saturated carbocycles. The van der Waals surface area contributed by atoms with E-state index in [4.69, 9.17) is 5.26 Å². The first-order chi connectivity index (χ1) is 10.1. The SMILES string of the molecule is CC(O)C1CCN(C(=O)Nc2ccc(CC#N)cc2)CC1. The van der Waals surface area contributed by atoms with Crippen LogP contribution in [0.1, 0.15) is 25.3 Å². The Morgan fingerprint density at radius 1 is 1.43 bits per heavy atom. The monoisotopic (exact) mass is 287 g/mol. The standard InChI is InChI=1S/C16H21N3O2/c1-12(20)14-7-10-19(11-8-14)16(21)18-15-4-2-13(3-5-15)6-9-17/h2-5,12,14,20H,6-8,10-11H2,1H3,(H,18,21). The largest absolute Gasteiger partial charge is 0.393 e. The average molecular weight is 287 g/mol. The first-order valence-corrected chi connectivity index (χ1v) is 7.30. The van der Waals surface area contributed by atoms with E-state index in [-0.39, 0.29) is 12.1 Å². The maximum atomic E-state index is 12.2. The van der Waals surface area contributed by atoms with Gasteiger partial charge in [0, 0.05) is 18.8 Å². The highest BCUT2D eigenvalue weighted by atomic mass is 16.3. The molecule has 0 radical (unpaired) electrons. The van der Waals surface area contributed by atoms with Crippen molar-refractivity contribution in [3.05, 3.63) is 29.8 Å². The number of anilines is 1. The smallest absolute Gasteiger partial charge is 0.321 e. The zero-order chi connectivity index (χ0) is 15.2. The van der Waals surface area contributed by atoms with Crippen LogP contribution in [0.3, 0.4) is 0 Å². The Morgan fingerprint density at radius 2 is 2.05 bits per heavy atom. The summed E-state index contributed by atoms with van der Waals surface area (Å²) in [6.45, 7) is 3.16. The molecule has 1 fully saturated rings. The normalized spacial score (nSPS) is 17.1. The van der Waals surface area contributed by atoms with Crippen LogP contribution in [-0.2, 0) is 6.42 Å². The van der Waals surface area contributed by atoms with Crippen molar-refractivity contribution < 1.29 is 9.90 Å². The number of hydrogen-bond acceptors (Lipinski definition) is 3. The quantitative estimate of drug-likeness (QED) is 0.896. The average Bonchev–Trinajstić information content (AvgIpc) is 2.49. The molecule has 0 bridgehead atoms. The molecule has 1 aliphatic heterocycles. The summed E-state index contributed by atoms with van der Waals surface area (Å²) in [4.78, 5) is 13.9. The summed E-state index contributed by atoms with van der Waals surface area (Å²) in [6, 6.07) is 9.31. The first-order valence-electron chi connectivity index (χ1n) is 7.30. The fraction of sp³-hybridized carbons (Fsp3) is 0.500. The van der Waals surface area contributed by atoms with Gasteiger partial charge >= 0.3 is 6.03 Å². The second-order valence-corrected chi connectivity index (χ2v) is 5.53. The first kappa shape index (κ1) is 15.3. The molecule has 112 valence electrons. The molecule has 5 heteroatoms. The van der Waals surface area contributed by atoms with Crippen LogP contribution in [0.15, 0.2) is 24.3 Å². The predicted molar refractivity (Wildman–Crippen MR) is 80.8 cm³/mol. The molecular formula is C16H21N3O2. The van der Waals surface area contributed by atoms with Gasteiger partial charge in [-0.15, -0.1) is 0 Å². The van der Waals surface area contributed by atoms with E-state index in [0.717, 1.165) is 24.1 Å². The van der Waals surface area contributed by atoms with Gasteiger partial charge in [0.2, 0.25) is 0 Å². The number of urea groups is 1.